The number of nitrogens with zero attached hydrogens (tertiary/aromatic N) is 5. The number of benzene rings is 1. The van der Waals surface area contributed by atoms with Crippen LogP contribution in [-0.2, 0) is 19.2 Å². The molecule has 4 rings (SSSR count). The number of carbonyl (C=O) groups excluding carboxylic acids is 4. The van der Waals surface area contributed by atoms with Crippen LogP contribution in [0.2, 0.25) is 0 Å². The minimum atomic E-state index is -0.760. The Hall–Kier alpha value is -3.10. The number of hydrogen-bond donors (Lipinski definition) is 0. The van der Waals surface area contributed by atoms with Gasteiger partial charge >= 0.3 is 0 Å². The molecule has 9 nitrogen and oxygen atoms in total. The highest BCUT2D eigenvalue weighted by Crippen LogP contribution is 2.40. The zero-order valence-electron chi connectivity index (χ0n) is 21.3. The number of amides is 4. The lowest BCUT2D eigenvalue weighted by molar-refractivity contribution is -0.145. The first-order chi connectivity index (χ1) is 16.5. The molecule has 0 aromatic heterocycles. The summed E-state index contributed by atoms with van der Waals surface area (Å²) in [6, 6.07) is 9.84. The van der Waals surface area contributed by atoms with E-state index >= 15 is 0 Å². The van der Waals surface area contributed by atoms with Gasteiger partial charge in [0.15, 0.2) is 0 Å². The Kier molecular flexibility index (Phi) is 6.79. The first-order valence-corrected chi connectivity index (χ1v) is 12.5. The second-order valence-electron chi connectivity index (χ2n) is 10.9. The Morgan fingerprint density at radius 1 is 0.857 bits per heavy atom. The SMILES string of the molecule is CC(=O)N1CCN(C(=O)CN2CN(c3ccccc3)C3(CCN(C(=O)C(C)(C)C)CC3)C2=O)CC1. The summed E-state index contributed by atoms with van der Waals surface area (Å²) in [5.74, 6) is -0.0174. The summed E-state index contributed by atoms with van der Waals surface area (Å²) >= 11 is 0. The minimum Gasteiger partial charge on any atom is -0.342 e. The third-order valence-corrected chi connectivity index (χ3v) is 7.51. The van der Waals surface area contributed by atoms with Crippen molar-refractivity contribution in [2.75, 3.05) is 57.4 Å². The summed E-state index contributed by atoms with van der Waals surface area (Å²) in [4.78, 5) is 60.5. The Balaban J connectivity index is 1.50. The minimum absolute atomic E-state index is 0.0172. The van der Waals surface area contributed by atoms with Crippen LogP contribution in [0.25, 0.3) is 0 Å². The second kappa shape index (κ2) is 9.51. The molecule has 0 N–H and O–H groups in total. The molecule has 35 heavy (non-hydrogen) atoms. The highest BCUT2D eigenvalue weighted by molar-refractivity contribution is 5.96. The maximum Gasteiger partial charge on any atom is 0.250 e. The van der Waals surface area contributed by atoms with E-state index in [1.165, 1.54) is 0 Å². The van der Waals surface area contributed by atoms with Gasteiger partial charge in [0.1, 0.15) is 12.1 Å². The van der Waals surface area contributed by atoms with E-state index in [4.69, 9.17) is 0 Å². The molecule has 4 amide bonds. The van der Waals surface area contributed by atoms with Crippen molar-refractivity contribution in [2.24, 2.45) is 5.41 Å². The van der Waals surface area contributed by atoms with Crippen molar-refractivity contribution >= 4 is 29.3 Å². The molecule has 1 spiro atoms. The van der Waals surface area contributed by atoms with E-state index < -0.39 is 11.0 Å². The van der Waals surface area contributed by atoms with E-state index in [0.717, 1.165) is 5.69 Å². The van der Waals surface area contributed by atoms with Crippen LogP contribution in [0.5, 0.6) is 0 Å². The quantitative estimate of drug-likeness (QED) is 0.649. The van der Waals surface area contributed by atoms with Gasteiger partial charge in [-0.1, -0.05) is 39.0 Å². The van der Waals surface area contributed by atoms with Crippen LogP contribution in [0.1, 0.15) is 40.5 Å². The van der Waals surface area contributed by atoms with Crippen molar-refractivity contribution in [3.05, 3.63) is 30.3 Å². The number of para-hydroxylation sites is 1. The molecule has 3 saturated heterocycles. The second-order valence-corrected chi connectivity index (χ2v) is 10.9. The number of carbonyl (C=O) groups is 4. The average Bonchev–Trinajstić information content (AvgIpc) is 3.10. The van der Waals surface area contributed by atoms with E-state index in [1.54, 1.807) is 21.6 Å². The standard InChI is InChI=1S/C26H37N5O4/c1-20(32)27-14-16-28(17-15-27)22(33)18-30-19-31(21-8-6-5-7-9-21)26(24(30)35)10-12-29(13-11-26)23(34)25(2,3)4/h5-9H,10-19H2,1-4H3. The van der Waals surface area contributed by atoms with Gasteiger partial charge in [0.05, 0.1) is 6.67 Å². The van der Waals surface area contributed by atoms with Crippen molar-refractivity contribution in [3.63, 3.8) is 0 Å². The fourth-order valence-corrected chi connectivity index (χ4v) is 5.41. The van der Waals surface area contributed by atoms with Crippen LogP contribution in [0, 0.1) is 5.41 Å². The summed E-state index contributed by atoms with van der Waals surface area (Å²) in [7, 11) is 0. The summed E-state index contributed by atoms with van der Waals surface area (Å²) in [5, 5.41) is 0. The molecule has 3 heterocycles. The lowest BCUT2D eigenvalue weighted by Gasteiger charge is -2.44. The lowest BCUT2D eigenvalue weighted by atomic mass is 9.84. The largest absolute Gasteiger partial charge is 0.342 e. The molecular weight excluding hydrogens is 446 g/mol. The molecule has 0 radical (unpaired) electrons. The van der Waals surface area contributed by atoms with Crippen molar-refractivity contribution in [2.45, 2.75) is 46.1 Å². The predicted octanol–water partition coefficient (Wildman–Crippen LogP) is 1.39. The highest BCUT2D eigenvalue weighted by Gasteiger charge is 2.54. The normalized spacial score (nSPS) is 20.6. The number of anilines is 1. The van der Waals surface area contributed by atoms with Gasteiger partial charge < -0.3 is 24.5 Å². The first kappa shape index (κ1) is 25.0. The van der Waals surface area contributed by atoms with Crippen molar-refractivity contribution < 1.29 is 19.2 Å². The van der Waals surface area contributed by atoms with E-state index in [9.17, 15) is 19.2 Å². The first-order valence-electron chi connectivity index (χ1n) is 12.5. The summed E-state index contributed by atoms with van der Waals surface area (Å²) in [5.41, 5.74) is -0.279. The molecule has 1 aromatic carbocycles. The third kappa shape index (κ3) is 4.86. The lowest BCUT2D eigenvalue weighted by Crippen LogP contribution is -2.58. The zero-order chi connectivity index (χ0) is 25.4. The van der Waals surface area contributed by atoms with Crippen LogP contribution in [0.3, 0.4) is 0 Å². The highest BCUT2D eigenvalue weighted by atomic mass is 16.2. The van der Waals surface area contributed by atoms with Gasteiger partial charge in [0.2, 0.25) is 17.7 Å². The molecule has 190 valence electrons. The average molecular weight is 484 g/mol. The molecule has 0 aliphatic carbocycles. The molecular formula is C26H37N5O4. The smallest absolute Gasteiger partial charge is 0.250 e. The van der Waals surface area contributed by atoms with Gasteiger partial charge in [-0.05, 0) is 25.0 Å². The Morgan fingerprint density at radius 2 is 1.43 bits per heavy atom. The summed E-state index contributed by atoms with van der Waals surface area (Å²) in [6.07, 6.45) is 1.06. The fraction of sp³-hybridized carbons (Fsp3) is 0.615. The van der Waals surface area contributed by atoms with Crippen LogP contribution in [0.4, 0.5) is 5.69 Å². The zero-order valence-corrected chi connectivity index (χ0v) is 21.3. The number of likely N-dealkylation sites (tertiary alicyclic amines) is 1. The molecule has 9 heteroatoms. The van der Waals surface area contributed by atoms with Crippen molar-refractivity contribution in [1.29, 1.82) is 0 Å². The molecule has 0 unspecified atom stereocenters. The van der Waals surface area contributed by atoms with E-state index in [0.29, 0.717) is 58.8 Å². The van der Waals surface area contributed by atoms with Crippen molar-refractivity contribution in [3.8, 4) is 0 Å². The monoisotopic (exact) mass is 483 g/mol. The van der Waals surface area contributed by atoms with E-state index in [-0.39, 0.29) is 30.2 Å². The fourth-order valence-electron chi connectivity index (χ4n) is 5.41. The molecule has 0 bridgehead atoms. The number of piperazine rings is 1. The third-order valence-electron chi connectivity index (χ3n) is 7.51. The molecule has 0 atom stereocenters. The number of piperidine rings is 1. The van der Waals surface area contributed by atoms with Crippen LogP contribution >= 0.6 is 0 Å². The van der Waals surface area contributed by atoms with Gasteiger partial charge in [0.25, 0.3) is 5.91 Å². The Bertz CT molecular complexity index is 973. The van der Waals surface area contributed by atoms with Gasteiger partial charge in [-0.25, -0.2) is 0 Å². The predicted molar refractivity (Wildman–Crippen MR) is 132 cm³/mol. The molecule has 3 fully saturated rings. The van der Waals surface area contributed by atoms with Gasteiger partial charge in [-0.3, -0.25) is 19.2 Å². The summed E-state index contributed by atoms with van der Waals surface area (Å²) in [6.45, 7) is 10.7. The van der Waals surface area contributed by atoms with Gasteiger partial charge in [0, 0.05) is 57.3 Å². The van der Waals surface area contributed by atoms with Crippen molar-refractivity contribution in [1.82, 2.24) is 19.6 Å². The maximum atomic E-state index is 13.9. The van der Waals surface area contributed by atoms with Crippen LogP contribution in [0.15, 0.2) is 30.3 Å². The van der Waals surface area contributed by atoms with Crippen LogP contribution < -0.4 is 4.90 Å². The van der Waals surface area contributed by atoms with Gasteiger partial charge in [-0.15, -0.1) is 0 Å². The van der Waals surface area contributed by atoms with E-state index in [2.05, 4.69) is 4.90 Å². The molecule has 3 aliphatic heterocycles. The molecule has 3 aliphatic rings. The topological polar surface area (TPSA) is 84.5 Å². The molecule has 1 aromatic rings. The number of rotatable bonds is 3. The number of hydrogen-bond acceptors (Lipinski definition) is 5. The maximum absolute atomic E-state index is 13.9. The van der Waals surface area contributed by atoms with Crippen LogP contribution in [-0.4, -0.2) is 101 Å². The molecule has 0 saturated carbocycles. The summed E-state index contributed by atoms with van der Waals surface area (Å²) < 4.78 is 0. The Morgan fingerprint density at radius 3 is 1.97 bits per heavy atom. The van der Waals surface area contributed by atoms with Gasteiger partial charge in [-0.2, -0.15) is 0 Å². The Labute approximate surface area is 207 Å². The van der Waals surface area contributed by atoms with E-state index in [1.807, 2.05) is 56.0 Å².